The molecule has 0 aliphatic heterocycles. The molecule has 2 aromatic carbocycles. The fourth-order valence-electron chi connectivity index (χ4n) is 3.19. The topological polar surface area (TPSA) is 77.8 Å². The van der Waals surface area contributed by atoms with Crippen LogP contribution in [0.1, 0.15) is 16.7 Å². The van der Waals surface area contributed by atoms with Crippen molar-refractivity contribution in [3.8, 4) is 11.5 Å². The third-order valence-corrected chi connectivity index (χ3v) is 4.78. The number of methoxy groups -OCH3 is 2. The molecule has 6 nitrogen and oxygen atoms in total. The summed E-state index contributed by atoms with van der Waals surface area (Å²) in [6.45, 7) is 2.15. The van der Waals surface area contributed by atoms with Crippen LogP contribution in [0.3, 0.4) is 0 Å². The molecule has 0 saturated heterocycles. The molecule has 1 heterocycles. The van der Waals surface area contributed by atoms with Gasteiger partial charge < -0.3 is 19.2 Å². The Balaban J connectivity index is 1.76. The second kappa shape index (κ2) is 8.77. The van der Waals surface area contributed by atoms with Crippen LogP contribution in [0, 0.1) is 12.7 Å². The standard InChI is InChI=1S/C22H22FNO5/c1-13-16-8-9-18(27-2)21(28-3)20(16)29-22(26)17(13)12-19(25)24-11-10-14-4-6-15(23)7-5-14/h4-9H,10-12H2,1-3H3,(H,24,25). The molecule has 3 rings (SSSR count). The zero-order valence-corrected chi connectivity index (χ0v) is 16.5. The molecule has 0 radical (unpaired) electrons. The Morgan fingerprint density at radius 2 is 1.83 bits per heavy atom. The number of rotatable bonds is 7. The van der Waals surface area contributed by atoms with Crippen LogP contribution in [0.4, 0.5) is 4.39 Å². The monoisotopic (exact) mass is 399 g/mol. The van der Waals surface area contributed by atoms with Crippen molar-refractivity contribution in [2.45, 2.75) is 19.8 Å². The zero-order valence-electron chi connectivity index (χ0n) is 16.5. The molecule has 0 spiro atoms. The Morgan fingerprint density at radius 1 is 1.10 bits per heavy atom. The van der Waals surface area contributed by atoms with Crippen molar-refractivity contribution < 1.29 is 23.1 Å². The van der Waals surface area contributed by atoms with Gasteiger partial charge in [0.05, 0.1) is 26.2 Å². The number of nitrogens with one attached hydrogen (secondary N) is 1. The number of amides is 1. The quantitative estimate of drug-likeness (QED) is 0.618. The van der Waals surface area contributed by atoms with Gasteiger partial charge in [0, 0.05) is 11.9 Å². The van der Waals surface area contributed by atoms with Gasteiger partial charge >= 0.3 is 5.63 Å². The molecule has 0 fully saturated rings. The average molecular weight is 399 g/mol. The summed E-state index contributed by atoms with van der Waals surface area (Å²) in [5, 5.41) is 3.46. The van der Waals surface area contributed by atoms with Gasteiger partial charge in [-0.05, 0) is 48.7 Å². The van der Waals surface area contributed by atoms with Crippen LogP contribution >= 0.6 is 0 Å². The highest BCUT2D eigenvalue weighted by Gasteiger charge is 2.19. The summed E-state index contributed by atoms with van der Waals surface area (Å²) in [7, 11) is 2.97. The molecule has 1 aromatic heterocycles. The number of carbonyl (C=O) groups is 1. The van der Waals surface area contributed by atoms with Crippen molar-refractivity contribution >= 4 is 16.9 Å². The zero-order chi connectivity index (χ0) is 21.0. The van der Waals surface area contributed by atoms with Crippen LogP contribution in [0.5, 0.6) is 11.5 Å². The van der Waals surface area contributed by atoms with Crippen LogP contribution in [0.2, 0.25) is 0 Å². The highest BCUT2D eigenvalue weighted by Crippen LogP contribution is 2.36. The highest BCUT2D eigenvalue weighted by molar-refractivity contribution is 5.89. The van der Waals surface area contributed by atoms with Crippen molar-refractivity contribution in [3.63, 3.8) is 0 Å². The molecule has 0 bridgehead atoms. The van der Waals surface area contributed by atoms with E-state index in [0.717, 1.165) is 5.56 Å². The smallest absolute Gasteiger partial charge is 0.340 e. The summed E-state index contributed by atoms with van der Waals surface area (Å²) in [4.78, 5) is 24.8. The molecule has 0 saturated carbocycles. The third kappa shape index (κ3) is 4.39. The maximum Gasteiger partial charge on any atom is 0.340 e. The Labute approximate surface area is 167 Å². The van der Waals surface area contributed by atoms with Gasteiger partial charge in [-0.1, -0.05) is 12.1 Å². The predicted molar refractivity (Wildman–Crippen MR) is 107 cm³/mol. The maximum absolute atomic E-state index is 12.9. The molecule has 0 aliphatic carbocycles. The number of benzene rings is 2. The average Bonchev–Trinajstić information content (AvgIpc) is 2.71. The minimum atomic E-state index is -0.588. The van der Waals surface area contributed by atoms with E-state index in [9.17, 15) is 14.0 Å². The van der Waals surface area contributed by atoms with E-state index in [0.29, 0.717) is 41.0 Å². The largest absolute Gasteiger partial charge is 0.493 e. The molecule has 0 atom stereocenters. The SMILES string of the molecule is COc1ccc2c(C)c(CC(=O)NCCc3ccc(F)cc3)c(=O)oc2c1OC. The van der Waals surface area contributed by atoms with Crippen LogP contribution in [-0.2, 0) is 17.6 Å². The minimum absolute atomic E-state index is 0.0954. The Morgan fingerprint density at radius 3 is 2.48 bits per heavy atom. The number of carbonyl (C=O) groups excluding carboxylic acids is 1. The fourth-order valence-corrected chi connectivity index (χ4v) is 3.19. The number of ether oxygens (including phenoxy) is 2. The van der Waals surface area contributed by atoms with Crippen LogP contribution in [-0.4, -0.2) is 26.7 Å². The molecule has 3 aromatic rings. The summed E-state index contributed by atoms with van der Waals surface area (Å²) in [6.07, 6.45) is 0.468. The molecule has 1 amide bonds. The molecular formula is C22H22FNO5. The first-order valence-electron chi connectivity index (χ1n) is 9.13. The summed E-state index contributed by atoms with van der Waals surface area (Å²) in [6, 6.07) is 9.59. The van der Waals surface area contributed by atoms with Crippen LogP contribution < -0.4 is 20.4 Å². The second-order valence-electron chi connectivity index (χ2n) is 6.57. The van der Waals surface area contributed by atoms with E-state index >= 15 is 0 Å². The van der Waals surface area contributed by atoms with Crippen LogP contribution in [0.25, 0.3) is 11.0 Å². The summed E-state index contributed by atoms with van der Waals surface area (Å²) in [5.74, 6) is 0.196. The number of halogens is 1. The van der Waals surface area contributed by atoms with Gasteiger partial charge in [-0.2, -0.15) is 0 Å². The summed E-state index contributed by atoms with van der Waals surface area (Å²) < 4.78 is 28.9. The molecule has 29 heavy (non-hydrogen) atoms. The highest BCUT2D eigenvalue weighted by atomic mass is 19.1. The van der Waals surface area contributed by atoms with Crippen molar-refractivity contribution in [3.05, 3.63) is 69.3 Å². The third-order valence-electron chi connectivity index (χ3n) is 4.78. The first kappa shape index (κ1) is 20.4. The van der Waals surface area contributed by atoms with Gasteiger partial charge in [0.25, 0.3) is 0 Å². The Hall–Kier alpha value is -3.35. The van der Waals surface area contributed by atoms with E-state index in [2.05, 4.69) is 5.32 Å². The summed E-state index contributed by atoms with van der Waals surface area (Å²) >= 11 is 0. The van der Waals surface area contributed by atoms with Gasteiger partial charge in [-0.3, -0.25) is 4.79 Å². The minimum Gasteiger partial charge on any atom is -0.493 e. The number of hydrogen-bond acceptors (Lipinski definition) is 5. The number of fused-ring (bicyclic) bond motifs is 1. The predicted octanol–water partition coefficient (Wildman–Crippen LogP) is 3.16. The van der Waals surface area contributed by atoms with E-state index in [1.165, 1.54) is 26.4 Å². The molecule has 1 N–H and O–H groups in total. The molecule has 7 heteroatoms. The van der Waals surface area contributed by atoms with E-state index < -0.39 is 5.63 Å². The van der Waals surface area contributed by atoms with E-state index in [1.54, 1.807) is 31.2 Å². The van der Waals surface area contributed by atoms with Crippen molar-refractivity contribution in [2.24, 2.45) is 0 Å². The first-order valence-corrected chi connectivity index (χ1v) is 9.13. The van der Waals surface area contributed by atoms with Crippen molar-refractivity contribution in [2.75, 3.05) is 20.8 Å². The molecule has 0 unspecified atom stereocenters. The van der Waals surface area contributed by atoms with Crippen LogP contribution in [0.15, 0.2) is 45.6 Å². The maximum atomic E-state index is 12.9. The fraction of sp³-hybridized carbons (Fsp3) is 0.273. The summed E-state index contributed by atoms with van der Waals surface area (Å²) in [5.41, 5.74) is 1.56. The molecule has 0 aliphatic rings. The lowest BCUT2D eigenvalue weighted by molar-refractivity contribution is -0.120. The van der Waals surface area contributed by atoms with Gasteiger partial charge in [0.15, 0.2) is 11.3 Å². The van der Waals surface area contributed by atoms with Gasteiger partial charge in [0.1, 0.15) is 5.82 Å². The lowest BCUT2D eigenvalue weighted by Crippen LogP contribution is -2.29. The first-order chi connectivity index (χ1) is 13.9. The lowest BCUT2D eigenvalue weighted by Gasteiger charge is -2.13. The van der Waals surface area contributed by atoms with Gasteiger partial charge in [-0.15, -0.1) is 0 Å². The normalized spacial score (nSPS) is 10.8. The lowest BCUT2D eigenvalue weighted by atomic mass is 10.0. The Bertz CT molecular complexity index is 1090. The number of hydrogen-bond donors (Lipinski definition) is 1. The van der Waals surface area contributed by atoms with Crippen molar-refractivity contribution in [1.82, 2.24) is 5.32 Å². The van der Waals surface area contributed by atoms with E-state index in [4.69, 9.17) is 13.9 Å². The van der Waals surface area contributed by atoms with E-state index in [1.807, 2.05) is 0 Å². The van der Waals surface area contributed by atoms with Gasteiger partial charge in [-0.25, -0.2) is 9.18 Å². The van der Waals surface area contributed by atoms with Gasteiger partial charge in [0.2, 0.25) is 11.7 Å². The second-order valence-corrected chi connectivity index (χ2v) is 6.57. The van der Waals surface area contributed by atoms with E-state index in [-0.39, 0.29) is 23.7 Å². The molecule has 152 valence electrons. The Kier molecular flexibility index (Phi) is 6.16. The van der Waals surface area contributed by atoms with Crippen molar-refractivity contribution in [1.29, 1.82) is 0 Å². The number of aryl methyl sites for hydroxylation is 1. The molecular weight excluding hydrogens is 377 g/mol.